The van der Waals surface area contributed by atoms with Crippen LogP contribution < -0.4 is 10.1 Å². The summed E-state index contributed by atoms with van der Waals surface area (Å²) in [6, 6.07) is 14.3. The molecule has 0 amide bonds. The third-order valence-electron chi connectivity index (χ3n) is 5.34. The molecule has 0 aliphatic heterocycles. The van der Waals surface area contributed by atoms with E-state index in [1.807, 2.05) is 26.0 Å². The number of aromatic nitrogens is 1. The zero-order valence-corrected chi connectivity index (χ0v) is 21.3. The van der Waals surface area contributed by atoms with E-state index in [4.69, 9.17) is 16.3 Å². The number of nitriles is 1. The molecule has 178 valence electrons. The molecule has 2 N–H and O–H groups in total. The molecular weight excluding hydrogens is 470 g/mol. The number of carbonyl (C=O) groups is 1. The number of thiophene rings is 1. The Kier molecular flexibility index (Phi) is 8.11. The van der Waals surface area contributed by atoms with Crippen molar-refractivity contribution in [3.63, 3.8) is 0 Å². The molecule has 3 aromatic rings. The second-order valence-corrected chi connectivity index (χ2v) is 10.4. The molecule has 6 nitrogen and oxygen atoms in total. The number of Topliss-reactive ketones (excluding diaryl/α,β-unsaturated/α-hetero) is 1. The van der Waals surface area contributed by atoms with Crippen molar-refractivity contribution < 1.29 is 14.6 Å². The van der Waals surface area contributed by atoms with Gasteiger partial charge < -0.3 is 9.84 Å². The van der Waals surface area contributed by atoms with Gasteiger partial charge >= 0.3 is 0 Å². The lowest BCUT2D eigenvalue weighted by molar-refractivity contribution is -0.178. The van der Waals surface area contributed by atoms with Gasteiger partial charge in [-0.15, -0.1) is 11.3 Å². The lowest BCUT2D eigenvalue weighted by Gasteiger charge is -2.37. The van der Waals surface area contributed by atoms with Crippen LogP contribution >= 0.6 is 22.9 Å². The smallest absolute Gasteiger partial charge is 0.268 e. The number of rotatable bonds is 10. The van der Waals surface area contributed by atoms with Crippen molar-refractivity contribution in [3.05, 3.63) is 69.0 Å². The highest BCUT2D eigenvalue weighted by molar-refractivity contribution is 7.16. The summed E-state index contributed by atoms with van der Waals surface area (Å²) in [5.74, 6) is -1.56. The molecule has 0 aliphatic carbocycles. The van der Waals surface area contributed by atoms with Crippen molar-refractivity contribution in [1.29, 1.82) is 5.26 Å². The average Bonchev–Trinajstić information content (AvgIpc) is 3.21. The summed E-state index contributed by atoms with van der Waals surface area (Å²) in [5.41, 5.74) is 1.36. The summed E-state index contributed by atoms with van der Waals surface area (Å²) in [7, 11) is 0. The van der Waals surface area contributed by atoms with Crippen molar-refractivity contribution >= 4 is 28.7 Å². The Bertz CT molecular complexity index is 1220. The Morgan fingerprint density at radius 1 is 1.26 bits per heavy atom. The predicted molar refractivity (Wildman–Crippen MR) is 135 cm³/mol. The number of nitrogens with zero attached hydrogens (tertiary/aromatic N) is 2. The summed E-state index contributed by atoms with van der Waals surface area (Å²) in [5, 5.41) is 24.2. The molecule has 8 heteroatoms. The van der Waals surface area contributed by atoms with Crippen LogP contribution in [-0.4, -0.2) is 27.3 Å². The molecule has 0 spiro atoms. The number of aliphatic hydroxyl groups is 1. The van der Waals surface area contributed by atoms with Crippen LogP contribution in [0.25, 0.3) is 11.3 Å². The van der Waals surface area contributed by atoms with Crippen molar-refractivity contribution in [1.82, 2.24) is 10.3 Å². The molecule has 0 saturated carbocycles. The summed E-state index contributed by atoms with van der Waals surface area (Å²) >= 11 is 7.55. The predicted octanol–water partition coefficient (Wildman–Crippen LogP) is 5.97. The second kappa shape index (κ2) is 10.7. The Balaban J connectivity index is 1.93. The third-order valence-corrected chi connectivity index (χ3v) is 6.57. The van der Waals surface area contributed by atoms with Gasteiger partial charge in [-0.2, -0.15) is 5.26 Å². The highest BCUT2D eigenvalue weighted by Crippen LogP contribution is 2.32. The van der Waals surface area contributed by atoms with Crippen molar-refractivity contribution in [3.8, 4) is 23.1 Å². The fraction of sp³-hybridized carbons (Fsp3) is 0.346. The van der Waals surface area contributed by atoms with Gasteiger partial charge in [0.25, 0.3) is 5.91 Å². The zero-order valence-electron chi connectivity index (χ0n) is 19.7. The largest absolute Gasteiger partial charge is 0.448 e. The Hall–Kier alpha value is -2.76. The van der Waals surface area contributed by atoms with E-state index in [-0.39, 0.29) is 23.5 Å². The van der Waals surface area contributed by atoms with Crippen molar-refractivity contribution in [2.24, 2.45) is 0 Å². The number of ether oxygens (including phenoxy) is 1. The fourth-order valence-electron chi connectivity index (χ4n) is 3.72. The third kappa shape index (κ3) is 6.22. The average molecular weight is 498 g/mol. The number of nitrogens with one attached hydrogen (secondary N) is 1. The van der Waals surface area contributed by atoms with Gasteiger partial charge in [-0.1, -0.05) is 31.5 Å². The second-order valence-electron chi connectivity index (χ2n) is 8.63. The van der Waals surface area contributed by atoms with Crippen LogP contribution in [0.4, 0.5) is 0 Å². The highest BCUT2D eigenvalue weighted by Gasteiger charge is 2.35. The van der Waals surface area contributed by atoms with Gasteiger partial charge in [0, 0.05) is 40.6 Å². The minimum Gasteiger partial charge on any atom is -0.448 e. The number of carbonyl (C=O) groups excluding carboxylic acids is 1. The van der Waals surface area contributed by atoms with E-state index in [9.17, 15) is 15.2 Å². The first-order chi connectivity index (χ1) is 16.1. The SMILES string of the molecule is CCC(=O)c1cccnc1-c1ccc(C#N)c(OC(O)(CC)NC(C)(C)Cc2ccc(Cl)s2)c1. The molecule has 2 aromatic heterocycles. The van der Waals surface area contributed by atoms with E-state index < -0.39 is 11.4 Å². The lowest BCUT2D eigenvalue weighted by atomic mass is 9.98. The normalized spacial score (nSPS) is 13.2. The van der Waals surface area contributed by atoms with Crippen LogP contribution in [-0.2, 0) is 6.42 Å². The van der Waals surface area contributed by atoms with Gasteiger partial charge in [0.15, 0.2) is 5.78 Å². The van der Waals surface area contributed by atoms with Crippen LogP contribution in [0.2, 0.25) is 4.34 Å². The first kappa shape index (κ1) is 25.9. The van der Waals surface area contributed by atoms with E-state index in [1.54, 1.807) is 50.4 Å². The van der Waals surface area contributed by atoms with Gasteiger partial charge in [0.05, 0.1) is 15.6 Å². The first-order valence-corrected chi connectivity index (χ1v) is 12.3. The van der Waals surface area contributed by atoms with E-state index in [0.29, 0.717) is 34.0 Å². The Morgan fingerprint density at radius 3 is 2.65 bits per heavy atom. The van der Waals surface area contributed by atoms with Crippen LogP contribution in [0.3, 0.4) is 0 Å². The maximum absolute atomic E-state index is 12.4. The van der Waals surface area contributed by atoms with Crippen molar-refractivity contribution in [2.75, 3.05) is 0 Å². The molecule has 3 rings (SSSR count). The zero-order chi connectivity index (χ0) is 24.9. The summed E-state index contributed by atoms with van der Waals surface area (Å²) < 4.78 is 6.73. The van der Waals surface area contributed by atoms with E-state index >= 15 is 0 Å². The van der Waals surface area contributed by atoms with E-state index in [1.165, 1.54) is 11.3 Å². The Morgan fingerprint density at radius 2 is 2.03 bits per heavy atom. The first-order valence-electron chi connectivity index (χ1n) is 11.1. The monoisotopic (exact) mass is 497 g/mol. The van der Waals surface area contributed by atoms with Gasteiger partial charge in [0.2, 0.25) is 0 Å². The molecule has 2 heterocycles. The van der Waals surface area contributed by atoms with Crippen LogP contribution in [0.5, 0.6) is 5.75 Å². The Labute approximate surface area is 209 Å². The topological polar surface area (TPSA) is 95.2 Å². The quantitative estimate of drug-likeness (QED) is 0.264. The molecule has 0 bridgehead atoms. The van der Waals surface area contributed by atoms with Gasteiger partial charge in [-0.25, -0.2) is 0 Å². The molecule has 1 atom stereocenters. The summed E-state index contributed by atoms with van der Waals surface area (Å²) in [6.07, 6.45) is 2.81. The van der Waals surface area contributed by atoms with Crippen LogP contribution in [0, 0.1) is 11.3 Å². The number of pyridine rings is 1. The molecular formula is C26H28ClN3O3S. The van der Waals surface area contributed by atoms with Crippen molar-refractivity contribution in [2.45, 2.75) is 58.4 Å². The summed E-state index contributed by atoms with van der Waals surface area (Å²) in [4.78, 5) is 17.9. The maximum atomic E-state index is 12.4. The number of benzene rings is 1. The van der Waals surface area contributed by atoms with Gasteiger partial charge in [0.1, 0.15) is 11.8 Å². The number of hydrogen-bond acceptors (Lipinski definition) is 7. The molecule has 1 unspecified atom stereocenters. The van der Waals surface area contributed by atoms with Gasteiger partial charge in [-0.3, -0.25) is 15.1 Å². The van der Waals surface area contributed by atoms with E-state index in [2.05, 4.69) is 16.4 Å². The van der Waals surface area contributed by atoms with Gasteiger partial charge in [-0.05, 0) is 56.7 Å². The minimum absolute atomic E-state index is 0.0305. The van der Waals surface area contributed by atoms with E-state index in [0.717, 1.165) is 4.88 Å². The molecule has 1 aromatic carbocycles. The maximum Gasteiger partial charge on any atom is 0.268 e. The number of ketones is 1. The molecule has 34 heavy (non-hydrogen) atoms. The summed E-state index contributed by atoms with van der Waals surface area (Å²) in [6.45, 7) is 7.51. The minimum atomic E-state index is -1.74. The highest BCUT2D eigenvalue weighted by atomic mass is 35.5. The molecule has 0 aliphatic rings. The standard InChI is InChI=1S/C26H28ClN3O3S/c1-5-21(31)20-8-7-13-29-24(20)17-9-10-18(16-28)22(14-17)33-26(32,6-2)30-25(3,4)15-19-11-12-23(27)34-19/h7-14,30,32H,5-6,15H2,1-4H3. The van der Waals surface area contributed by atoms with Crippen LogP contribution in [0.15, 0.2) is 48.7 Å². The number of hydrogen-bond donors (Lipinski definition) is 2. The fourth-order valence-corrected chi connectivity index (χ4v) is 5.04. The molecule has 0 radical (unpaired) electrons. The lowest BCUT2D eigenvalue weighted by Crippen LogP contribution is -2.59. The van der Waals surface area contributed by atoms with Crippen LogP contribution in [0.1, 0.15) is 61.3 Å². The molecule has 0 fully saturated rings. The molecule has 0 saturated heterocycles. The number of halogens is 1.